The van der Waals surface area contributed by atoms with Crippen LogP contribution in [0.1, 0.15) is 28.8 Å². The molecule has 0 aliphatic heterocycles. The summed E-state index contributed by atoms with van der Waals surface area (Å²) < 4.78 is 14.3. The molecule has 0 saturated carbocycles. The van der Waals surface area contributed by atoms with Gasteiger partial charge in [-0.25, -0.2) is 4.39 Å². The first kappa shape index (κ1) is 18.1. The van der Waals surface area contributed by atoms with Crippen LogP contribution in [-0.2, 0) is 11.3 Å². The van der Waals surface area contributed by atoms with Crippen molar-refractivity contribution in [1.82, 2.24) is 10.6 Å². The third-order valence-corrected chi connectivity index (χ3v) is 3.88. The number of halogens is 2. The zero-order valence-electron chi connectivity index (χ0n) is 13.0. The maximum atomic E-state index is 13.6. The van der Waals surface area contributed by atoms with Crippen molar-refractivity contribution in [2.45, 2.75) is 19.4 Å². The van der Waals surface area contributed by atoms with Crippen molar-refractivity contribution in [3.8, 4) is 0 Å². The maximum absolute atomic E-state index is 13.6. The Labute approximate surface area is 148 Å². The molecule has 2 rings (SSSR count). The van der Waals surface area contributed by atoms with E-state index in [9.17, 15) is 14.0 Å². The van der Waals surface area contributed by atoms with Crippen molar-refractivity contribution in [1.29, 1.82) is 0 Å². The van der Waals surface area contributed by atoms with Crippen molar-refractivity contribution in [2.24, 2.45) is 0 Å². The molecule has 6 heteroatoms. The van der Waals surface area contributed by atoms with Gasteiger partial charge in [-0.2, -0.15) is 0 Å². The molecule has 2 amide bonds. The van der Waals surface area contributed by atoms with Gasteiger partial charge in [0.2, 0.25) is 5.91 Å². The second-order valence-electron chi connectivity index (χ2n) is 5.24. The fourth-order valence-corrected chi connectivity index (χ4v) is 2.51. The fourth-order valence-electron chi connectivity index (χ4n) is 2.10. The molecule has 0 aliphatic rings. The van der Waals surface area contributed by atoms with Gasteiger partial charge in [0.15, 0.2) is 0 Å². The van der Waals surface area contributed by atoms with Crippen LogP contribution in [0, 0.1) is 5.82 Å². The zero-order chi connectivity index (χ0) is 17.4. The van der Waals surface area contributed by atoms with E-state index in [1.807, 2.05) is 6.07 Å². The van der Waals surface area contributed by atoms with E-state index in [0.717, 1.165) is 4.47 Å². The van der Waals surface area contributed by atoms with Crippen molar-refractivity contribution >= 4 is 27.7 Å². The lowest BCUT2D eigenvalue weighted by Crippen LogP contribution is -2.27. The van der Waals surface area contributed by atoms with Gasteiger partial charge in [0, 0.05) is 35.1 Å². The standard InChI is InChI=1S/C18H18BrFN2O2/c19-15-8-9-16(20)14(11-15)12-22-17(23)7-4-10-21-18(24)13-5-2-1-3-6-13/h1-3,5-6,8-9,11H,4,7,10,12H2,(H,21,24)(H,22,23). The van der Waals surface area contributed by atoms with Crippen molar-refractivity contribution in [2.75, 3.05) is 6.54 Å². The number of hydrogen-bond donors (Lipinski definition) is 2. The predicted octanol–water partition coefficient (Wildman–Crippen LogP) is 3.41. The lowest BCUT2D eigenvalue weighted by Gasteiger charge is -2.08. The summed E-state index contributed by atoms with van der Waals surface area (Å²) in [5, 5.41) is 5.43. The van der Waals surface area contributed by atoms with Gasteiger partial charge in [-0.1, -0.05) is 34.1 Å². The number of amides is 2. The van der Waals surface area contributed by atoms with Gasteiger partial charge >= 0.3 is 0 Å². The topological polar surface area (TPSA) is 58.2 Å². The second kappa shape index (κ2) is 9.17. The van der Waals surface area contributed by atoms with Gasteiger partial charge in [0.05, 0.1) is 0 Å². The molecule has 2 aromatic carbocycles. The summed E-state index contributed by atoms with van der Waals surface area (Å²) in [4.78, 5) is 23.6. The first-order valence-electron chi connectivity index (χ1n) is 7.60. The number of hydrogen-bond acceptors (Lipinski definition) is 2. The summed E-state index contributed by atoms with van der Waals surface area (Å²) >= 11 is 3.27. The summed E-state index contributed by atoms with van der Waals surface area (Å²) in [5.74, 6) is -0.691. The quantitative estimate of drug-likeness (QED) is 0.709. The van der Waals surface area contributed by atoms with E-state index in [1.54, 1.807) is 36.4 Å². The molecule has 4 nitrogen and oxygen atoms in total. The van der Waals surface area contributed by atoms with E-state index < -0.39 is 0 Å². The normalized spacial score (nSPS) is 10.2. The number of benzene rings is 2. The third kappa shape index (κ3) is 5.77. The summed E-state index contributed by atoms with van der Waals surface area (Å²) in [7, 11) is 0. The monoisotopic (exact) mass is 392 g/mol. The lowest BCUT2D eigenvalue weighted by atomic mass is 10.2. The van der Waals surface area contributed by atoms with Crippen LogP contribution in [-0.4, -0.2) is 18.4 Å². The second-order valence-corrected chi connectivity index (χ2v) is 6.15. The van der Waals surface area contributed by atoms with Crippen LogP contribution < -0.4 is 10.6 Å². The molecule has 0 fully saturated rings. The molecule has 2 aromatic rings. The molecule has 0 unspecified atom stereocenters. The van der Waals surface area contributed by atoms with Crippen LogP contribution >= 0.6 is 15.9 Å². The fraction of sp³-hybridized carbons (Fsp3) is 0.222. The van der Waals surface area contributed by atoms with Crippen LogP contribution in [0.2, 0.25) is 0 Å². The van der Waals surface area contributed by atoms with Crippen LogP contribution in [0.5, 0.6) is 0 Å². The van der Waals surface area contributed by atoms with Gasteiger partial charge in [0.1, 0.15) is 5.82 Å². The molecule has 2 N–H and O–H groups in total. The molecular formula is C18H18BrFN2O2. The van der Waals surface area contributed by atoms with E-state index in [2.05, 4.69) is 26.6 Å². The first-order chi connectivity index (χ1) is 11.6. The van der Waals surface area contributed by atoms with E-state index in [0.29, 0.717) is 24.1 Å². The average molecular weight is 393 g/mol. The summed E-state index contributed by atoms with van der Waals surface area (Å²) in [6.07, 6.45) is 0.788. The van der Waals surface area contributed by atoms with Crippen LogP contribution in [0.15, 0.2) is 53.0 Å². The lowest BCUT2D eigenvalue weighted by molar-refractivity contribution is -0.121. The largest absolute Gasteiger partial charge is 0.352 e. The molecule has 0 bridgehead atoms. The molecule has 24 heavy (non-hydrogen) atoms. The number of carbonyl (C=O) groups is 2. The summed E-state index contributed by atoms with van der Waals surface area (Å²) in [5.41, 5.74) is 1.02. The highest BCUT2D eigenvalue weighted by Gasteiger charge is 2.07. The highest BCUT2D eigenvalue weighted by Crippen LogP contribution is 2.15. The minimum atomic E-state index is -0.353. The number of rotatable bonds is 7. The average Bonchev–Trinajstić information content (AvgIpc) is 2.60. The smallest absolute Gasteiger partial charge is 0.251 e. The minimum absolute atomic E-state index is 0.139. The molecular weight excluding hydrogens is 375 g/mol. The third-order valence-electron chi connectivity index (χ3n) is 3.39. The summed E-state index contributed by atoms with van der Waals surface area (Å²) in [6, 6.07) is 13.5. The van der Waals surface area contributed by atoms with Gasteiger partial charge in [-0.05, 0) is 36.8 Å². The maximum Gasteiger partial charge on any atom is 0.251 e. The Bertz CT molecular complexity index is 707. The summed E-state index contributed by atoms with van der Waals surface area (Å²) in [6.45, 7) is 0.548. The molecule has 126 valence electrons. The van der Waals surface area contributed by atoms with E-state index >= 15 is 0 Å². The molecule has 0 aliphatic carbocycles. The Balaban J connectivity index is 1.66. The molecule has 0 heterocycles. The Morgan fingerprint density at radius 3 is 2.54 bits per heavy atom. The van der Waals surface area contributed by atoms with Crippen LogP contribution in [0.4, 0.5) is 4.39 Å². The molecule has 0 atom stereocenters. The zero-order valence-corrected chi connectivity index (χ0v) is 14.6. The number of carbonyl (C=O) groups excluding carboxylic acids is 2. The van der Waals surface area contributed by atoms with Crippen molar-refractivity contribution < 1.29 is 14.0 Å². The van der Waals surface area contributed by atoms with Gasteiger partial charge in [-0.3, -0.25) is 9.59 Å². The minimum Gasteiger partial charge on any atom is -0.352 e. The Morgan fingerprint density at radius 1 is 1.04 bits per heavy atom. The van der Waals surface area contributed by atoms with Crippen LogP contribution in [0.25, 0.3) is 0 Å². The molecule has 0 radical (unpaired) electrons. The molecule has 0 spiro atoms. The molecule has 0 saturated heterocycles. The Hall–Kier alpha value is -2.21. The highest BCUT2D eigenvalue weighted by atomic mass is 79.9. The van der Waals surface area contributed by atoms with E-state index in [-0.39, 0.29) is 30.6 Å². The van der Waals surface area contributed by atoms with Gasteiger partial charge in [-0.15, -0.1) is 0 Å². The van der Waals surface area contributed by atoms with Gasteiger partial charge < -0.3 is 10.6 Å². The molecule has 0 aromatic heterocycles. The van der Waals surface area contributed by atoms with E-state index in [1.165, 1.54) is 6.07 Å². The SMILES string of the molecule is O=C(CCCNC(=O)c1ccccc1)NCc1cc(Br)ccc1F. The first-order valence-corrected chi connectivity index (χ1v) is 8.39. The van der Waals surface area contributed by atoms with Crippen LogP contribution in [0.3, 0.4) is 0 Å². The van der Waals surface area contributed by atoms with E-state index in [4.69, 9.17) is 0 Å². The Morgan fingerprint density at radius 2 is 1.79 bits per heavy atom. The van der Waals surface area contributed by atoms with Gasteiger partial charge in [0.25, 0.3) is 5.91 Å². The predicted molar refractivity (Wildman–Crippen MR) is 94.0 cm³/mol. The Kier molecular flexibility index (Phi) is 6.93. The van der Waals surface area contributed by atoms with Crippen molar-refractivity contribution in [3.05, 3.63) is 69.9 Å². The number of nitrogens with one attached hydrogen (secondary N) is 2. The highest BCUT2D eigenvalue weighted by molar-refractivity contribution is 9.10. The van der Waals surface area contributed by atoms with Crippen molar-refractivity contribution in [3.63, 3.8) is 0 Å².